The molecule has 0 aromatic heterocycles. The summed E-state index contributed by atoms with van der Waals surface area (Å²) in [5, 5.41) is 0.193. The van der Waals surface area contributed by atoms with Gasteiger partial charge in [-0.25, -0.2) is 12.8 Å². The van der Waals surface area contributed by atoms with Gasteiger partial charge in [0.2, 0.25) is 10.0 Å². The summed E-state index contributed by atoms with van der Waals surface area (Å²) < 4.78 is 39.6. The van der Waals surface area contributed by atoms with Gasteiger partial charge in [0.05, 0.1) is 0 Å². The van der Waals surface area contributed by atoms with Gasteiger partial charge in [-0.1, -0.05) is 11.6 Å². The summed E-state index contributed by atoms with van der Waals surface area (Å²) in [6.45, 7) is 0.609. The number of hydrogen-bond acceptors (Lipinski definition) is 3. The average Bonchev–Trinajstić information content (AvgIpc) is 2.81. The summed E-state index contributed by atoms with van der Waals surface area (Å²) in [4.78, 5) is -0.379. The fourth-order valence-electron chi connectivity index (χ4n) is 2.16. The largest absolute Gasteiger partial charge is 0.329 e. The Morgan fingerprint density at radius 2 is 2.22 bits per heavy atom. The van der Waals surface area contributed by atoms with Gasteiger partial charge in [-0.05, 0) is 31.0 Å². The Balaban J connectivity index is 2.45. The van der Waals surface area contributed by atoms with E-state index < -0.39 is 15.8 Å². The van der Waals surface area contributed by atoms with E-state index in [1.54, 1.807) is 0 Å². The highest BCUT2D eigenvalue weighted by atomic mass is 35.5. The maximum atomic E-state index is 13.7. The lowest BCUT2D eigenvalue weighted by Crippen LogP contribution is -2.40. The van der Waals surface area contributed by atoms with Crippen molar-refractivity contribution in [2.75, 3.05) is 13.1 Å². The van der Waals surface area contributed by atoms with Gasteiger partial charge in [-0.15, -0.1) is 0 Å². The fourth-order valence-corrected chi connectivity index (χ4v) is 4.20. The lowest BCUT2D eigenvalue weighted by Gasteiger charge is -2.23. The van der Waals surface area contributed by atoms with Gasteiger partial charge in [-0.2, -0.15) is 4.31 Å². The van der Waals surface area contributed by atoms with Crippen LogP contribution in [0.3, 0.4) is 0 Å². The highest BCUT2D eigenvalue weighted by molar-refractivity contribution is 7.89. The smallest absolute Gasteiger partial charge is 0.246 e. The van der Waals surface area contributed by atoms with E-state index in [0.717, 1.165) is 18.6 Å². The molecule has 1 aliphatic heterocycles. The molecule has 1 unspecified atom stereocenters. The van der Waals surface area contributed by atoms with Crippen LogP contribution in [0.2, 0.25) is 5.02 Å². The standard InChI is InChI=1S/C11H14ClFN2O2S/c12-8-3-4-10(13)11(6-8)18(16,17)15-5-1-2-9(15)7-14/h3-4,6,9H,1-2,5,7,14H2. The second kappa shape index (κ2) is 5.13. The molecule has 1 fully saturated rings. The number of nitrogens with zero attached hydrogens (tertiary/aromatic N) is 1. The summed E-state index contributed by atoms with van der Waals surface area (Å²) in [7, 11) is -3.86. The second-order valence-electron chi connectivity index (χ2n) is 4.22. The van der Waals surface area contributed by atoms with Crippen LogP contribution >= 0.6 is 11.6 Å². The van der Waals surface area contributed by atoms with E-state index in [9.17, 15) is 12.8 Å². The Labute approximate surface area is 111 Å². The van der Waals surface area contributed by atoms with Gasteiger partial charge in [0.15, 0.2) is 0 Å². The van der Waals surface area contributed by atoms with Gasteiger partial charge in [-0.3, -0.25) is 0 Å². The predicted octanol–water partition coefficient (Wildman–Crippen LogP) is 1.59. The van der Waals surface area contributed by atoms with E-state index in [1.165, 1.54) is 10.4 Å². The van der Waals surface area contributed by atoms with E-state index in [4.69, 9.17) is 17.3 Å². The topological polar surface area (TPSA) is 63.4 Å². The zero-order valence-electron chi connectivity index (χ0n) is 9.64. The SMILES string of the molecule is NCC1CCCN1S(=O)(=O)c1cc(Cl)ccc1F. The number of halogens is 2. The molecule has 1 aromatic rings. The average molecular weight is 293 g/mol. The molecule has 0 amide bonds. The maximum Gasteiger partial charge on any atom is 0.246 e. The van der Waals surface area contributed by atoms with Gasteiger partial charge in [0, 0.05) is 24.2 Å². The van der Waals surface area contributed by atoms with Crippen molar-refractivity contribution in [1.82, 2.24) is 4.31 Å². The molecular weight excluding hydrogens is 279 g/mol. The summed E-state index contributed by atoms with van der Waals surface area (Å²) in [5.74, 6) is -0.790. The lowest BCUT2D eigenvalue weighted by molar-refractivity contribution is 0.390. The highest BCUT2D eigenvalue weighted by Crippen LogP contribution is 2.28. The van der Waals surface area contributed by atoms with Crippen LogP contribution in [0, 0.1) is 5.82 Å². The normalized spacial score (nSPS) is 21.4. The third kappa shape index (κ3) is 2.38. The third-order valence-corrected chi connectivity index (χ3v) is 5.28. The summed E-state index contributed by atoms with van der Waals surface area (Å²) in [5.41, 5.74) is 5.54. The Morgan fingerprint density at radius 1 is 1.50 bits per heavy atom. The minimum atomic E-state index is -3.86. The monoisotopic (exact) mass is 292 g/mol. The first-order valence-electron chi connectivity index (χ1n) is 5.64. The van der Waals surface area contributed by atoms with Crippen molar-refractivity contribution in [1.29, 1.82) is 0 Å². The van der Waals surface area contributed by atoms with Crippen molar-refractivity contribution in [2.24, 2.45) is 5.73 Å². The van der Waals surface area contributed by atoms with Gasteiger partial charge < -0.3 is 5.73 Å². The van der Waals surface area contributed by atoms with Crippen LogP contribution in [-0.2, 0) is 10.0 Å². The van der Waals surface area contributed by atoms with Crippen molar-refractivity contribution >= 4 is 21.6 Å². The zero-order chi connectivity index (χ0) is 13.3. The van der Waals surface area contributed by atoms with Crippen molar-refractivity contribution in [3.05, 3.63) is 29.0 Å². The quantitative estimate of drug-likeness (QED) is 0.920. The van der Waals surface area contributed by atoms with Crippen LogP contribution < -0.4 is 5.73 Å². The van der Waals surface area contributed by atoms with Crippen LogP contribution in [0.5, 0.6) is 0 Å². The van der Waals surface area contributed by atoms with E-state index in [-0.39, 0.29) is 22.5 Å². The van der Waals surface area contributed by atoms with E-state index in [1.807, 2.05) is 0 Å². The number of sulfonamides is 1. The molecule has 0 radical (unpaired) electrons. The first-order valence-corrected chi connectivity index (χ1v) is 7.45. The van der Waals surface area contributed by atoms with E-state index in [0.29, 0.717) is 13.0 Å². The molecule has 100 valence electrons. The minimum Gasteiger partial charge on any atom is -0.329 e. The van der Waals surface area contributed by atoms with Crippen LogP contribution in [0.4, 0.5) is 4.39 Å². The first-order chi connectivity index (χ1) is 8.46. The van der Waals surface area contributed by atoms with Crippen molar-refractivity contribution < 1.29 is 12.8 Å². The highest BCUT2D eigenvalue weighted by Gasteiger charge is 2.35. The van der Waals surface area contributed by atoms with Gasteiger partial charge in [0.1, 0.15) is 10.7 Å². The molecule has 0 saturated carbocycles. The number of hydrogen-bond donors (Lipinski definition) is 1. The van der Waals surface area contributed by atoms with Crippen LogP contribution in [-0.4, -0.2) is 31.9 Å². The summed E-state index contributed by atoms with van der Waals surface area (Å²) in [6, 6.07) is 3.26. The molecule has 1 aromatic carbocycles. The molecular formula is C11H14ClFN2O2S. The second-order valence-corrected chi connectivity index (χ2v) is 6.52. The third-order valence-electron chi connectivity index (χ3n) is 3.08. The molecule has 1 aliphatic rings. The summed E-state index contributed by atoms with van der Waals surface area (Å²) in [6.07, 6.45) is 1.45. The zero-order valence-corrected chi connectivity index (χ0v) is 11.2. The molecule has 0 spiro atoms. The van der Waals surface area contributed by atoms with E-state index >= 15 is 0 Å². The van der Waals surface area contributed by atoms with Crippen molar-refractivity contribution in [3.8, 4) is 0 Å². The molecule has 4 nitrogen and oxygen atoms in total. The molecule has 1 saturated heterocycles. The van der Waals surface area contributed by atoms with E-state index in [2.05, 4.69) is 0 Å². The van der Waals surface area contributed by atoms with Crippen LogP contribution in [0.15, 0.2) is 23.1 Å². The Morgan fingerprint density at radius 3 is 2.89 bits per heavy atom. The van der Waals surface area contributed by atoms with Gasteiger partial charge >= 0.3 is 0 Å². The number of nitrogens with two attached hydrogens (primary N) is 1. The van der Waals surface area contributed by atoms with Crippen LogP contribution in [0.1, 0.15) is 12.8 Å². The molecule has 1 heterocycles. The Bertz CT molecular complexity index is 550. The Hall–Kier alpha value is -0.690. The molecule has 2 rings (SSSR count). The minimum absolute atomic E-state index is 0.193. The van der Waals surface area contributed by atoms with Crippen molar-refractivity contribution in [3.63, 3.8) is 0 Å². The van der Waals surface area contributed by atoms with Crippen LogP contribution in [0.25, 0.3) is 0 Å². The van der Waals surface area contributed by atoms with Crippen molar-refractivity contribution in [2.45, 2.75) is 23.8 Å². The molecule has 0 aliphatic carbocycles. The fraction of sp³-hybridized carbons (Fsp3) is 0.455. The molecule has 2 N–H and O–H groups in total. The molecule has 7 heteroatoms. The lowest BCUT2D eigenvalue weighted by atomic mass is 10.2. The Kier molecular flexibility index (Phi) is 3.91. The molecule has 0 bridgehead atoms. The molecule has 18 heavy (non-hydrogen) atoms. The van der Waals surface area contributed by atoms with Gasteiger partial charge in [0.25, 0.3) is 0 Å². The first kappa shape index (κ1) is 13.7. The summed E-state index contributed by atoms with van der Waals surface area (Å²) >= 11 is 5.73. The predicted molar refractivity (Wildman–Crippen MR) is 67.4 cm³/mol. The molecule has 1 atom stereocenters. The number of benzene rings is 1. The number of rotatable bonds is 3. The maximum absolute atomic E-state index is 13.7.